The summed E-state index contributed by atoms with van der Waals surface area (Å²) in [7, 11) is 0.924. The molecule has 29 heavy (non-hydrogen) atoms. The summed E-state index contributed by atoms with van der Waals surface area (Å²) in [4.78, 5) is 46.4. The van der Waals surface area contributed by atoms with Crippen LogP contribution in [0.25, 0.3) is 0 Å². The summed E-state index contributed by atoms with van der Waals surface area (Å²) in [5.74, 6) is -1.84. The number of likely N-dealkylation sites (N-methyl/N-ethyl adjacent to an activating group) is 1. The van der Waals surface area contributed by atoms with E-state index >= 15 is 0 Å². The number of phosphoric ester groups is 1. The number of ether oxygens (including phenoxy) is 1. The van der Waals surface area contributed by atoms with Gasteiger partial charge in [-0.05, 0) is 13.8 Å². The average Bonchev–Trinajstić information content (AvgIpc) is 2.54. The van der Waals surface area contributed by atoms with Crippen molar-refractivity contribution < 1.29 is 42.1 Å². The fourth-order valence-corrected chi connectivity index (χ4v) is 2.61. The van der Waals surface area contributed by atoms with Gasteiger partial charge in [-0.25, -0.2) is 4.79 Å². The first-order valence-electron chi connectivity index (χ1n) is 8.95. The maximum atomic E-state index is 12.1. The Balaban J connectivity index is 4.92. The van der Waals surface area contributed by atoms with E-state index in [0.717, 1.165) is 0 Å². The Morgan fingerprint density at radius 1 is 1.21 bits per heavy atom. The first-order valence-corrected chi connectivity index (χ1v) is 10.4. The van der Waals surface area contributed by atoms with E-state index in [9.17, 15) is 23.8 Å². The summed E-state index contributed by atoms with van der Waals surface area (Å²) in [5, 5.41) is 4.82. The first-order chi connectivity index (χ1) is 13.1. The first kappa shape index (κ1) is 27.4. The monoisotopic (exact) mass is 437 g/mol. The SMILES string of the molecule is C=C(C)C(=O)OCC(CNC(C)C(=O)NC(C)=O)OP(=O)([O-])OCC[N+](C)(C)C. The van der Waals surface area contributed by atoms with Crippen LogP contribution in [0, 0.1) is 0 Å². The quantitative estimate of drug-likeness (QED) is 0.166. The standard InChI is InChI=1S/C17H32N3O8P/c1-12(2)17(23)26-11-15(10-18-13(3)16(22)19-14(4)21)28-29(24,25)27-9-8-20(5,6)7/h13,15,18H,1,8-11H2,2-7H3,(H-,19,21,22,24,25). The molecule has 0 bridgehead atoms. The van der Waals surface area contributed by atoms with Crippen LogP contribution >= 0.6 is 7.82 Å². The minimum Gasteiger partial charge on any atom is -0.756 e. The van der Waals surface area contributed by atoms with Gasteiger partial charge in [0, 0.05) is 19.0 Å². The third-order valence-corrected chi connectivity index (χ3v) is 4.44. The largest absolute Gasteiger partial charge is 0.756 e. The van der Waals surface area contributed by atoms with Gasteiger partial charge in [-0.2, -0.15) is 0 Å². The highest BCUT2D eigenvalue weighted by Gasteiger charge is 2.23. The van der Waals surface area contributed by atoms with Gasteiger partial charge in [-0.15, -0.1) is 0 Å². The molecule has 168 valence electrons. The molecule has 0 fully saturated rings. The van der Waals surface area contributed by atoms with E-state index < -0.39 is 44.4 Å². The van der Waals surface area contributed by atoms with Crippen molar-refractivity contribution in [2.24, 2.45) is 0 Å². The van der Waals surface area contributed by atoms with Crippen molar-refractivity contribution in [3.63, 3.8) is 0 Å². The highest BCUT2D eigenvalue weighted by molar-refractivity contribution is 7.45. The molecule has 11 nitrogen and oxygen atoms in total. The molecule has 0 aliphatic rings. The lowest BCUT2D eigenvalue weighted by atomic mass is 10.3. The van der Waals surface area contributed by atoms with Gasteiger partial charge in [0.05, 0.1) is 27.2 Å². The maximum absolute atomic E-state index is 12.1. The number of carbonyl (C=O) groups is 3. The van der Waals surface area contributed by atoms with Crippen LogP contribution in [0.3, 0.4) is 0 Å². The summed E-state index contributed by atoms with van der Waals surface area (Å²) in [6.45, 7) is 7.30. The highest BCUT2D eigenvalue weighted by atomic mass is 31.2. The van der Waals surface area contributed by atoms with Crippen LogP contribution in [0.1, 0.15) is 20.8 Å². The number of esters is 1. The molecule has 0 heterocycles. The summed E-state index contributed by atoms with van der Waals surface area (Å²) in [6, 6.07) is -0.827. The molecule has 0 aromatic rings. The van der Waals surface area contributed by atoms with E-state index in [2.05, 4.69) is 17.2 Å². The maximum Gasteiger partial charge on any atom is 0.333 e. The number of phosphoric acid groups is 1. The minimum absolute atomic E-state index is 0.0899. The average molecular weight is 437 g/mol. The molecule has 2 amide bonds. The van der Waals surface area contributed by atoms with Crippen LogP contribution in [0.2, 0.25) is 0 Å². The number of imide groups is 1. The number of hydrogen-bond donors (Lipinski definition) is 2. The van der Waals surface area contributed by atoms with E-state index in [1.165, 1.54) is 20.8 Å². The number of quaternary nitrogens is 1. The molecule has 0 saturated heterocycles. The van der Waals surface area contributed by atoms with E-state index in [0.29, 0.717) is 11.0 Å². The van der Waals surface area contributed by atoms with Gasteiger partial charge < -0.3 is 28.5 Å². The van der Waals surface area contributed by atoms with Crippen LogP contribution in [0.15, 0.2) is 12.2 Å². The van der Waals surface area contributed by atoms with Crippen molar-refractivity contribution in [2.45, 2.75) is 32.9 Å². The smallest absolute Gasteiger partial charge is 0.333 e. The Morgan fingerprint density at radius 3 is 2.28 bits per heavy atom. The van der Waals surface area contributed by atoms with Crippen molar-refractivity contribution in [3.8, 4) is 0 Å². The van der Waals surface area contributed by atoms with Gasteiger partial charge in [0.25, 0.3) is 7.82 Å². The number of nitrogens with one attached hydrogen (secondary N) is 2. The third kappa shape index (κ3) is 14.1. The topological polar surface area (TPSA) is 143 Å². The van der Waals surface area contributed by atoms with Crippen LogP contribution in [-0.4, -0.2) is 81.9 Å². The van der Waals surface area contributed by atoms with Crippen LogP contribution < -0.4 is 15.5 Å². The Morgan fingerprint density at radius 2 is 1.79 bits per heavy atom. The Kier molecular flexibility index (Phi) is 11.5. The van der Waals surface area contributed by atoms with E-state index in [4.69, 9.17) is 13.8 Å². The Bertz CT molecular complexity index is 647. The van der Waals surface area contributed by atoms with Crippen LogP contribution in [0.5, 0.6) is 0 Å². The molecule has 0 aliphatic carbocycles. The Hall–Kier alpha value is -1.62. The third-order valence-electron chi connectivity index (χ3n) is 3.38. The molecule has 0 aromatic heterocycles. The zero-order valence-electron chi connectivity index (χ0n) is 17.9. The predicted molar refractivity (Wildman–Crippen MR) is 103 cm³/mol. The second-order valence-corrected chi connectivity index (χ2v) is 8.94. The van der Waals surface area contributed by atoms with Crippen molar-refractivity contribution in [1.29, 1.82) is 0 Å². The zero-order chi connectivity index (χ0) is 22.8. The predicted octanol–water partition coefficient (Wildman–Crippen LogP) is -0.677. The van der Waals surface area contributed by atoms with Gasteiger partial charge in [-0.1, -0.05) is 6.58 Å². The van der Waals surface area contributed by atoms with Crippen molar-refractivity contribution >= 4 is 25.6 Å². The molecule has 3 atom stereocenters. The molecule has 0 aliphatic heterocycles. The summed E-state index contributed by atoms with van der Waals surface area (Å²) < 4.78 is 27.4. The molecule has 0 aromatic carbocycles. The van der Waals surface area contributed by atoms with Crippen LogP contribution in [-0.2, 0) is 32.7 Å². The zero-order valence-corrected chi connectivity index (χ0v) is 18.7. The normalized spacial score (nSPS) is 15.7. The van der Waals surface area contributed by atoms with Crippen LogP contribution in [0.4, 0.5) is 0 Å². The minimum atomic E-state index is -4.69. The number of hydrogen-bond acceptors (Lipinski definition) is 9. The van der Waals surface area contributed by atoms with Gasteiger partial charge in [0.15, 0.2) is 0 Å². The Labute approximate surface area is 171 Å². The number of nitrogens with zero attached hydrogens (tertiary/aromatic N) is 1. The number of rotatable bonds is 13. The number of amides is 2. The molecule has 2 N–H and O–H groups in total. The van der Waals surface area contributed by atoms with Gasteiger partial charge in [0.2, 0.25) is 11.8 Å². The molecule has 0 spiro atoms. The van der Waals surface area contributed by atoms with Gasteiger partial charge >= 0.3 is 5.97 Å². The lowest BCUT2D eigenvalue weighted by Gasteiger charge is -2.30. The lowest BCUT2D eigenvalue weighted by molar-refractivity contribution is -0.870. The van der Waals surface area contributed by atoms with Gasteiger partial charge in [0.1, 0.15) is 25.9 Å². The van der Waals surface area contributed by atoms with E-state index in [1.54, 1.807) is 0 Å². The summed E-state index contributed by atoms with van der Waals surface area (Å²) in [6.07, 6.45) is -1.15. The summed E-state index contributed by atoms with van der Waals surface area (Å²) >= 11 is 0. The number of carbonyl (C=O) groups excluding carboxylic acids is 3. The second kappa shape index (κ2) is 12.2. The fraction of sp³-hybridized carbons (Fsp3) is 0.706. The van der Waals surface area contributed by atoms with Crippen molar-refractivity contribution in [1.82, 2.24) is 10.6 Å². The summed E-state index contributed by atoms with van der Waals surface area (Å²) in [5.41, 5.74) is 0.135. The second-order valence-electron chi connectivity index (χ2n) is 7.58. The van der Waals surface area contributed by atoms with Gasteiger partial charge in [-0.3, -0.25) is 19.5 Å². The molecular formula is C17H32N3O8P. The lowest BCUT2D eigenvalue weighted by Crippen LogP contribution is -2.47. The van der Waals surface area contributed by atoms with E-state index in [-0.39, 0.29) is 18.7 Å². The van der Waals surface area contributed by atoms with Crippen molar-refractivity contribution in [3.05, 3.63) is 12.2 Å². The van der Waals surface area contributed by atoms with E-state index in [1.807, 2.05) is 21.1 Å². The molecule has 0 radical (unpaired) electrons. The molecule has 3 unspecified atom stereocenters. The molecule has 12 heteroatoms. The van der Waals surface area contributed by atoms with Crippen molar-refractivity contribution in [2.75, 3.05) is 47.4 Å². The molecule has 0 saturated carbocycles. The molecular weight excluding hydrogens is 405 g/mol. The fourth-order valence-electron chi connectivity index (χ4n) is 1.74. The highest BCUT2D eigenvalue weighted by Crippen LogP contribution is 2.39. The molecule has 0 rings (SSSR count).